The Morgan fingerprint density at radius 3 is 2.38 bits per heavy atom. The predicted molar refractivity (Wildman–Crippen MR) is 52.0 cm³/mol. The van der Waals surface area contributed by atoms with Crippen LogP contribution < -0.4 is 24.0 Å². The smallest absolute Gasteiger partial charge is 0.0890 e. The van der Waals surface area contributed by atoms with Gasteiger partial charge in [0.1, 0.15) is 0 Å². The third kappa shape index (κ3) is 2.04. The lowest BCUT2D eigenvalue weighted by atomic mass is 9.86. The van der Waals surface area contributed by atoms with Crippen LogP contribution in [0.2, 0.25) is 0 Å². The fourth-order valence-electron chi connectivity index (χ4n) is 3.27. The fraction of sp³-hybridized carbons (Fsp3) is 1.00. The molecule has 2 saturated heterocycles. The van der Waals surface area contributed by atoms with Crippen LogP contribution >= 0.6 is 0 Å². The van der Waals surface area contributed by atoms with E-state index in [2.05, 4.69) is 14.0 Å². The topological polar surface area (TPSA) is 0 Å². The normalized spacial score (nSPS) is 44.8. The Morgan fingerprint density at radius 1 is 1.00 bits per heavy atom. The van der Waals surface area contributed by atoms with Crippen molar-refractivity contribution in [1.82, 2.24) is 0 Å². The highest BCUT2D eigenvalue weighted by molar-refractivity contribution is 4.73. The maximum atomic E-state index is 2.49. The maximum Gasteiger partial charge on any atom is 0.0890 e. The molecule has 0 spiro atoms. The van der Waals surface area contributed by atoms with Gasteiger partial charge >= 0.3 is 0 Å². The van der Waals surface area contributed by atoms with Gasteiger partial charge in [-0.2, -0.15) is 0 Å². The molecule has 3 atom stereocenters. The second kappa shape index (κ2) is 4.47. The van der Waals surface area contributed by atoms with E-state index in [9.17, 15) is 0 Å². The Hall–Kier alpha value is 0.690. The molecule has 0 aromatic carbocycles. The fourth-order valence-corrected chi connectivity index (χ4v) is 3.27. The summed E-state index contributed by atoms with van der Waals surface area (Å²) in [5.74, 6) is 0. The van der Waals surface area contributed by atoms with Gasteiger partial charge in [-0.05, 0) is 45.4 Å². The molecule has 0 aliphatic carbocycles. The summed E-state index contributed by atoms with van der Waals surface area (Å²) in [5, 5.41) is 0. The van der Waals surface area contributed by atoms with Gasteiger partial charge in [0.2, 0.25) is 0 Å². The quantitative estimate of drug-likeness (QED) is 0.420. The molecular formula is C11H22IN. The molecular weight excluding hydrogens is 273 g/mol. The zero-order valence-electron chi connectivity index (χ0n) is 8.93. The lowest BCUT2D eigenvalue weighted by Crippen LogP contribution is -3.00. The molecule has 13 heavy (non-hydrogen) atoms. The van der Waals surface area contributed by atoms with E-state index in [1.165, 1.54) is 49.6 Å². The van der Waals surface area contributed by atoms with Gasteiger partial charge < -0.3 is 28.5 Å². The summed E-state index contributed by atoms with van der Waals surface area (Å²) in [6, 6.07) is 1.95. The van der Waals surface area contributed by atoms with E-state index in [4.69, 9.17) is 0 Å². The monoisotopic (exact) mass is 295 g/mol. The number of rotatable bonds is 0. The zero-order valence-corrected chi connectivity index (χ0v) is 11.1. The minimum Gasteiger partial charge on any atom is -1.00 e. The van der Waals surface area contributed by atoms with Gasteiger partial charge in [0.05, 0.1) is 25.7 Å². The first kappa shape index (κ1) is 11.8. The Kier molecular flexibility index (Phi) is 4.05. The van der Waals surface area contributed by atoms with Crippen molar-refractivity contribution in [1.29, 1.82) is 0 Å². The van der Waals surface area contributed by atoms with Crippen LogP contribution in [0.15, 0.2) is 0 Å². The zero-order chi connectivity index (χ0) is 8.60. The number of nitrogens with zero attached hydrogens (tertiary/aromatic N) is 1. The molecule has 0 N–H and O–H groups in total. The average molecular weight is 295 g/mol. The summed E-state index contributed by atoms with van der Waals surface area (Å²) in [6.07, 6.45) is 8.91. The molecule has 0 amide bonds. The van der Waals surface area contributed by atoms with Crippen LogP contribution in [0.25, 0.3) is 0 Å². The molecule has 0 radical (unpaired) electrons. The van der Waals surface area contributed by atoms with Crippen molar-refractivity contribution in [3.05, 3.63) is 0 Å². The molecule has 0 aromatic rings. The van der Waals surface area contributed by atoms with Crippen LogP contribution in [0.3, 0.4) is 0 Å². The van der Waals surface area contributed by atoms with Crippen LogP contribution in [0, 0.1) is 0 Å². The Labute approximate surface area is 99.5 Å². The van der Waals surface area contributed by atoms with Gasteiger partial charge in [-0.15, -0.1) is 0 Å². The van der Waals surface area contributed by atoms with Crippen molar-refractivity contribution in [2.75, 3.05) is 13.6 Å². The van der Waals surface area contributed by atoms with Crippen LogP contribution in [-0.2, 0) is 0 Å². The van der Waals surface area contributed by atoms with E-state index in [-0.39, 0.29) is 24.0 Å². The highest BCUT2D eigenvalue weighted by Crippen LogP contribution is 2.35. The van der Waals surface area contributed by atoms with E-state index in [1.54, 1.807) is 0 Å². The molecule has 2 heteroatoms. The number of hydrogen-bond donors (Lipinski definition) is 0. The van der Waals surface area contributed by atoms with Crippen molar-refractivity contribution in [2.45, 2.75) is 57.5 Å². The van der Waals surface area contributed by atoms with Crippen LogP contribution in [-0.4, -0.2) is 30.2 Å². The first-order valence-corrected chi connectivity index (χ1v) is 5.58. The van der Waals surface area contributed by atoms with Crippen molar-refractivity contribution in [3.8, 4) is 0 Å². The first-order valence-electron chi connectivity index (χ1n) is 5.58. The molecule has 2 heterocycles. The van der Waals surface area contributed by atoms with Gasteiger partial charge in [0, 0.05) is 0 Å². The van der Waals surface area contributed by atoms with Crippen molar-refractivity contribution >= 4 is 0 Å². The van der Waals surface area contributed by atoms with Gasteiger partial charge in [0.15, 0.2) is 0 Å². The summed E-state index contributed by atoms with van der Waals surface area (Å²) < 4.78 is 1.40. The van der Waals surface area contributed by atoms with E-state index >= 15 is 0 Å². The molecule has 2 aliphatic heterocycles. The summed E-state index contributed by atoms with van der Waals surface area (Å²) in [6.45, 7) is 3.91. The molecule has 0 aromatic heterocycles. The minimum absolute atomic E-state index is 0. The molecule has 0 saturated carbocycles. The predicted octanol–water partition coefficient (Wildman–Crippen LogP) is -0.438. The Morgan fingerprint density at radius 2 is 1.69 bits per heavy atom. The molecule has 2 rings (SSSR count). The summed E-state index contributed by atoms with van der Waals surface area (Å²) in [5.41, 5.74) is 0. The van der Waals surface area contributed by atoms with Crippen molar-refractivity contribution < 1.29 is 28.5 Å². The van der Waals surface area contributed by atoms with E-state index in [0.29, 0.717) is 0 Å². The number of hydrogen-bond acceptors (Lipinski definition) is 0. The highest BCUT2D eigenvalue weighted by Gasteiger charge is 2.41. The van der Waals surface area contributed by atoms with Gasteiger partial charge in [-0.1, -0.05) is 0 Å². The Balaban J connectivity index is 0.000000845. The maximum absolute atomic E-state index is 2.49. The summed E-state index contributed by atoms with van der Waals surface area (Å²) in [7, 11) is 2.49. The number of piperidine rings is 2. The second-order valence-electron chi connectivity index (χ2n) is 5.00. The van der Waals surface area contributed by atoms with Gasteiger partial charge in [0.25, 0.3) is 0 Å². The standard InChI is InChI=1S/C11H22N.HI/c1-10-6-5-8-11-7-3-4-9-12(10,11)2;/h10-11H,3-9H2,1-2H3;1H/q+1;/p-1. The van der Waals surface area contributed by atoms with Crippen LogP contribution in [0.5, 0.6) is 0 Å². The highest BCUT2D eigenvalue weighted by atomic mass is 127. The van der Waals surface area contributed by atoms with E-state index < -0.39 is 0 Å². The van der Waals surface area contributed by atoms with Crippen LogP contribution in [0.4, 0.5) is 0 Å². The lowest BCUT2D eigenvalue weighted by Gasteiger charge is -2.52. The molecule has 2 aliphatic rings. The second-order valence-corrected chi connectivity index (χ2v) is 5.00. The molecule has 3 unspecified atom stereocenters. The number of fused-ring (bicyclic) bond motifs is 1. The Bertz CT molecular complexity index is 169. The van der Waals surface area contributed by atoms with Gasteiger partial charge in [-0.25, -0.2) is 0 Å². The van der Waals surface area contributed by atoms with Crippen molar-refractivity contribution in [3.63, 3.8) is 0 Å². The minimum atomic E-state index is 0. The molecule has 78 valence electrons. The van der Waals surface area contributed by atoms with Gasteiger partial charge in [-0.3, -0.25) is 0 Å². The lowest BCUT2D eigenvalue weighted by molar-refractivity contribution is -0.964. The molecule has 0 bridgehead atoms. The average Bonchev–Trinajstić information content (AvgIpc) is 2.07. The SMILES string of the molecule is CC1CCCC2CCCC[N+]12C.[I-]. The van der Waals surface area contributed by atoms with Crippen LogP contribution in [0.1, 0.15) is 45.4 Å². The first-order chi connectivity index (χ1) is 5.73. The van der Waals surface area contributed by atoms with E-state index in [1.807, 2.05) is 0 Å². The van der Waals surface area contributed by atoms with E-state index in [0.717, 1.165) is 12.1 Å². The third-order valence-corrected chi connectivity index (χ3v) is 4.43. The number of halogens is 1. The molecule has 2 fully saturated rings. The van der Waals surface area contributed by atoms with Crippen molar-refractivity contribution in [2.24, 2.45) is 0 Å². The summed E-state index contributed by atoms with van der Waals surface area (Å²) in [4.78, 5) is 0. The number of quaternary nitrogens is 1. The molecule has 1 nitrogen and oxygen atoms in total. The summed E-state index contributed by atoms with van der Waals surface area (Å²) >= 11 is 0. The third-order valence-electron chi connectivity index (χ3n) is 4.43. The largest absolute Gasteiger partial charge is 1.00 e.